The van der Waals surface area contributed by atoms with Gasteiger partial charge in [0.15, 0.2) is 0 Å². The van der Waals surface area contributed by atoms with Crippen LogP contribution in [0.1, 0.15) is 29.6 Å². The number of aliphatic hydroxyl groups excluding tert-OH is 1. The number of benzene rings is 2. The zero-order chi connectivity index (χ0) is 14.3. The number of hydrogen-bond donors (Lipinski definition) is 1. The summed E-state index contributed by atoms with van der Waals surface area (Å²) in [5.41, 5.74) is 1.17. The van der Waals surface area contributed by atoms with Crippen LogP contribution in [0.25, 0.3) is 0 Å². The summed E-state index contributed by atoms with van der Waals surface area (Å²) < 4.78 is 27.4. The van der Waals surface area contributed by atoms with Crippen molar-refractivity contribution in [1.29, 1.82) is 0 Å². The van der Waals surface area contributed by atoms with Crippen LogP contribution in [-0.2, 0) is 0 Å². The molecule has 4 heteroatoms. The number of hydrogen-bond acceptors (Lipinski definition) is 1. The molecule has 0 saturated heterocycles. The summed E-state index contributed by atoms with van der Waals surface area (Å²) in [5, 5.41) is 10.3. The Bertz CT molecular complexity index is 630. The second-order valence-electron chi connectivity index (χ2n) is 5.15. The highest BCUT2D eigenvalue weighted by atomic mass is 79.9. The van der Waals surface area contributed by atoms with E-state index in [-0.39, 0.29) is 21.9 Å². The third-order valence-corrected chi connectivity index (χ3v) is 4.44. The van der Waals surface area contributed by atoms with Gasteiger partial charge in [0.1, 0.15) is 11.6 Å². The number of halogens is 3. The topological polar surface area (TPSA) is 20.2 Å². The molecular formula is C16H13BrF2O. The normalized spacial score (nSPS) is 22.6. The first-order valence-electron chi connectivity index (χ1n) is 6.45. The fourth-order valence-corrected chi connectivity index (χ4v) is 2.96. The molecule has 0 spiro atoms. The minimum absolute atomic E-state index is 0.0362. The van der Waals surface area contributed by atoms with Gasteiger partial charge in [-0.2, -0.15) is 0 Å². The Morgan fingerprint density at radius 3 is 2.50 bits per heavy atom. The molecule has 3 rings (SSSR count). The van der Waals surface area contributed by atoms with Crippen LogP contribution in [0, 0.1) is 17.6 Å². The fourth-order valence-electron chi connectivity index (χ4n) is 2.64. The second kappa shape index (κ2) is 5.26. The van der Waals surface area contributed by atoms with Crippen LogP contribution in [0.3, 0.4) is 0 Å². The van der Waals surface area contributed by atoms with Crippen molar-refractivity contribution in [1.82, 2.24) is 0 Å². The Morgan fingerprint density at radius 2 is 1.80 bits per heavy atom. The minimum atomic E-state index is -0.970. The standard InChI is InChI=1S/C16H13BrF2O/c17-13-8-14(18)12(7-15(13)19)16(20)11-6-10(11)9-4-2-1-3-5-9/h1-5,7-8,10-11,16,20H,6H2. The van der Waals surface area contributed by atoms with Crippen LogP contribution in [0.2, 0.25) is 0 Å². The minimum Gasteiger partial charge on any atom is -0.388 e. The monoisotopic (exact) mass is 338 g/mol. The average molecular weight is 339 g/mol. The van der Waals surface area contributed by atoms with Crippen molar-refractivity contribution in [2.45, 2.75) is 18.4 Å². The van der Waals surface area contributed by atoms with E-state index in [1.807, 2.05) is 30.3 Å². The van der Waals surface area contributed by atoms with E-state index < -0.39 is 17.7 Å². The van der Waals surface area contributed by atoms with Crippen molar-refractivity contribution >= 4 is 15.9 Å². The lowest BCUT2D eigenvalue weighted by molar-refractivity contribution is 0.146. The summed E-state index contributed by atoms with van der Waals surface area (Å²) >= 11 is 2.93. The molecule has 0 heterocycles. The molecule has 20 heavy (non-hydrogen) atoms. The van der Waals surface area contributed by atoms with Gasteiger partial charge in [-0.3, -0.25) is 0 Å². The van der Waals surface area contributed by atoms with Gasteiger partial charge >= 0.3 is 0 Å². The van der Waals surface area contributed by atoms with Crippen molar-refractivity contribution < 1.29 is 13.9 Å². The number of rotatable bonds is 3. The van der Waals surface area contributed by atoms with Gasteiger partial charge in [-0.25, -0.2) is 8.78 Å². The molecule has 1 aliphatic rings. The summed E-state index contributed by atoms with van der Waals surface area (Å²) in [6.07, 6.45) is -0.176. The molecule has 0 bridgehead atoms. The molecule has 1 nitrogen and oxygen atoms in total. The van der Waals surface area contributed by atoms with Crippen molar-refractivity contribution in [2.75, 3.05) is 0 Å². The molecule has 0 aromatic heterocycles. The molecule has 1 fully saturated rings. The van der Waals surface area contributed by atoms with E-state index in [9.17, 15) is 13.9 Å². The van der Waals surface area contributed by atoms with E-state index in [1.54, 1.807) is 0 Å². The molecule has 1 aliphatic carbocycles. The maximum Gasteiger partial charge on any atom is 0.137 e. The first-order chi connectivity index (χ1) is 9.58. The molecular weight excluding hydrogens is 326 g/mol. The van der Waals surface area contributed by atoms with Crippen LogP contribution < -0.4 is 0 Å². The van der Waals surface area contributed by atoms with E-state index in [0.717, 1.165) is 24.1 Å². The largest absolute Gasteiger partial charge is 0.388 e. The first kappa shape index (κ1) is 13.7. The summed E-state index contributed by atoms with van der Waals surface area (Å²) in [6, 6.07) is 11.9. The highest BCUT2D eigenvalue weighted by Crippen LogP contribution is 2.54. The predicted octanol–water partition coefficient (Wildman–Crippen LogP) is 4.56. The van der Waals surface area contributed by atoms with Gasteiger partial charge < -0.3 is 5.11 Å². The van der Waals surface area contributed by atoms with Crippen LogP contribution in [0.4, 0.5) is 8.78 Å². The van der Waals surface area contributed by atoms with Gasteiger partial charge in [0.05, 0.1) is 10.6 Å². The second-order valence-corrected chi connectivity index (χ2v) is 6.00. The molecule has 2 aromatic carbocycles. The quantitative estimate of drug-likeness (QED) is 0.813. The third-order valence-electron chi connectivity index (χ3n) is 3.83. The van der Waals surface area contributed by atoms with Crippen molar-refractivity contribution in [3.05, 3.63) is 69.7 Å². The smallest absolute Gasteiger partial charge is 0.137 e. The zero-order valence-electron chi connectivity index (χ0n) is 10.6. The highest BCUT2D eigenvalue weighted by Gasteiger charge is 2.44. The summed E-state index contributed by atoms with van der Waals surface area (Å²) in [5.74, 6) is -0.966. The summed E-state index contributed by atoms with van der Waals surface area (Å²) in [6.45, 7) is 0. The van der Waals surface area contributed by atoms with Crippen molar-refractivity contribution in [3.63, 3.8) is 0 Å². The van der Waals surface area contributed by atoms with Crippen LogP contribution in [-0.4, -0.2) is 5.11 Å². The fraction of sp³-hybridized carbons (Fsp3) is 0.250. The van der Waals surface area contributed by atoms with Crippen molar-refractivity contribution in [2.24, 2.45) is 5.92 Å². The van der Waals surface area contributed by atoms with E-state index in [1.165, 1.54) is 0 Å². The molecule has 1 N–H and O–H groups in total. The number of aliphatic hydroxyl groups is 1. The summed E-state index contributed by atoms with van der Waals surface area (Å²) in [4.78, 5) is 0. The maximum absolute atomic E-state index is 13.8. The van der Waals surface area contributed by atoms with Crippen molar-refractivity contribution in [3.8, 4) is 0 Å². The Hall–Kier alpha value is -1.26. The third kappa shape index (κ3) is 2.50. The van der Waals surface area contributed by atoms with Gasteiger partial charge in [0.2, 0.25) is 0 Å². The van der Waals surface area contributed by atoms with Gasteiger partial charge in [-0.05, 0) is 51.9 Å². The highest BCUT2D eigenvalue weighted by molar-refractivity contribution is 9.10. The Morgan fingerprint density at radius 1 is 1.10 bits per heavy atom. The lowest BCUT2D eigenvalue weighted by atomic mass is 10.0. The molecule has 0 radical (unpaired) electrons. The SMILES string of the molecule is OC(c1cc(F)c(Br)cc1F)C1CC1c1ccccc1. The van der Waals surface area contributed by atoms with E-state index in [0.29, 0.717) is 0 Å². The van der Waals surface area contributed by atoms with E-state index in [2.05, 4.69) is 15.9 Å². The zero-order valence-corrected chi connectivity index (χ0v) is 12.1. The van der Waals surface area contributed by atoms with E-state index >= 15 is 0 Å². The molecule has 0 amide bonds. The lowest BCUT2D eigenvalue weighted by Crippen LogP contribution is -2.05. The molecule has 1 saturated carbocycles. The Balaban J connectivity index is 1.82. The molecule has 0 aliphatic heterocycles. The van der Waals surface area contributed by atoms with Crippen LogP contribution >= 0.6 is 15.9 Å². The average Bonchev–Trinajstić information content (AvgIpc) is 3.23. The Kier molecular flexibility index (Phi) is 3.61. The maximum atomic E-state index is 13.8. The first-order valence-corrected chi connectivity index (χ1v) is 7.24. The summed E-state index contributed by atoms with van der Waals surface area (Å²) in [7, 11) is 0. The van der Waals surface area contributed by atoms with Gasteiger partial charge in [0.25, 0.3) is 0 Å². The molecule has 3 unspecified atom stereocenters. The van der Waals surface area contributed by atoms with E-state index in [4.69, 9.17) is 0 Å². The molecule has 104 valence electrons. The van der Waals surface area contributed by atoms with Crippen LogP contribution in [0.15, 0.2) is 46.9 Å². The predicted molar refractivity (Wildman–Crippen MR) is 76.3 cm³/mol. The van der Waals surface area contributed by atoms with Crippen LogP contribution in [0.5, 0.6) is 0 Å². The Labute approximate surface area is 124 Å². The molecule has 3 atom stereocenters. The van der Waals surface area contributed by atoms with Gasteiger partial charge in [-0.1, -0.05) is 30.3 Å². The van der Waals surface area contributed by atoms with Gasteiger partial charge in [-0.15, -0.1) is 0 Å². The van der Waals surface area contributed by atoms with Gasteiger partial charge in [0, 0.05) is 5.56 Å². The molecule has 2 aromatic rings. The lowest BCUT2D eigenvalue weighted by Gasteiger charge is -2.13.